The lowest BCUT2D eigenvalue weighted by molar-refractivity contribution is 0.0210. The molecule has 1 unspecified atom stereocenters. The van der Waals surface area contributed by atoms with E-state index in [9.17, 15) is 4.79 Å². The topological polar surface area (TPSA) is 93.1 Å². The molecule has 6 rings (SSSR count). The van der Waals surface area contributed by atoms with Gasteiger partial charge in [-0.25, -0.2) is 4.79 Å². The van der Waals surface area contributed by atoms with Gasteiger partial charge in [-0.15, -0.1) is 0 Å². The third kappa shape index (κ3) is 3.26. The smallest absolute Gasteiger partial charge is 0.348 e. The Morgan fingerprint density at radius 3 is 2.58 bits per heavy atom. The fourth-order valence-corrected chi connectivity index (χ4v) is 4.22. The minimum Gasteiger partial charge on any atom is -0.454 e. The average Bonchev–Trinajstić information content (AvgIpc) is 3.46. The highest BCUT2D eigenvalue weighted by Crippen LogP contribution is 2.40. The minimum absolute atomic E-state index is 0.0678. The number of nitrogens with zero attached hydrogens (tertiary/aromatic N) is 2. The monoisotopic (exact) mass is 423 g/mol. The standard InChI is InChI=1S/C22H21N3O6/c26-22-24-21(13-1-2-17-18(7-13)29-11-28-17)15-8-19-20(31-12-30-19)9-16(15)25(22)5-3-14-10-23-4-6-27-14/h1-2,7-9,14,23H,3-6,10-12H2. The largest absolute Gasteiger partial charge is 0.454 e. The van der Waals surface area contributed by atoms with E-state index in [0.29, 0.717) is 48.3 Å². The second-order valence-corrected chi connectivity index (χ2v) is 7.67. The van der Waals surface area contributed by atoms with Crippen LogP contribution in [0.1, 0.15) is 6.42 Å². The molecule has 1 N–H and O–H groups in total. The normalized spacial score (nSPS) is 19.2. The second kappa shape index (κ2) is 7.44. The summed E-state index contributed by atoms with van der Waals surface area (Å²) in [6, 6.07) is 9.30. The van der Waals surface area contributed by atoms with Crippen LogP contribution in [-0.2, 0) is 11.3 Å². The van der Waals surface area contributed by atoms with Crippen molar-refractivity contribution in [2.45, 2.75) is 19.1 Å². The lowest BCUT2D eigenvalue weighted by Crippen LogP contribution is -2.39. The van der Waals surface area contributed by atoms with Crippen molar-refractivity contribution in [3.05, 3.63) is 40.8 Å². The van der Waals surface area contributed by atoms with Gasteiger partial charge in [-0.2, -0.15) is 4.98 Å². The number of rotatable bonds is 4. The predicted octanol–water partition coefficient (Wildman–Crippen LogP) is 1.90. The third-order valence-electron chi connectivity index (χ3n) is 5.80. The summed E-state index contributed by atoms with van der Waals surface area (Å²) in [7, 11) is 0. The van der Waals surface area contributed by atoms with Gasteiger partial charge in [-0.1, -0.05) is 0 Å². The third-order valence-corrected chi connectivity index (χ3v) is 5.80. The molecule has 1 atom stereocenters. The number of benzene rings is 2. The molecule has 3 aromatic rings. The Hall–Kier alpha value is -3.30. The molecular weight excluding hydrogens is 402 g/mol. The van der Waals surface area contributed by atoms with Gasteiger partial charge in [0.15, 0.2) is 23.0 Å². The SMILES string of the molecule is O=c1nc(-c2ccc3c(c2)OCO3)c2cc3c(cc2n1CCC1CNCCO1)OCO3. The molecule has 0 bridgehead atoms. The summed E-state index contributed by atoms with van der Waals surface area (Å²) in [4.78, 5) is 17.5. The zero-order chi connectivity index (χ0) is 20.8. The van der Waals surface area contributed by atoms with Crippen LogP contribution < -0.4 is 30.0 Å². The van der Waals surface area contributed by atoms with Crippen LogP contribution in [0.5, 0.6) is 23.0 Å². The van der Waals surface area contributed by atoms with E-state index in [2.05, 4.69) is 10.3 Å². The maximum atomic E-state index is 13.1. The van der Waals surface area contributed by atoms with Crippen LogP contribution in [0.25, 0.3) is 22.2 Å². The summed E-state index contributed by atoms with van der Waals surface area (Å²) in [6.45, 7) is 3.15. The van der Waals surface area contributed by atoms with Crippen LogP contribution in [0, 0.1) is 0 Å². The van der Waals surface area contributed by atoms with Crippen molar-refractivity contribution in [3.8, 4) is 34.3 Å². The van der Waals surface area contributed by atoms with Crippen molar-refractivity contribution >= 4 is 10.9 Å². The van der Waals surface area contributed by atoms with Crippen LogP contribution in [0.4, 0.5) is 0 Å². The van der Waals surface area contributed by atoms with Gasteiger partial charge in [-0.05, 0) is 30.7 Å². The summed E-state index contributed by atoms with van der Waals surface area (Å²) >= 11 is 0. The summed E-state index contributed by atoms with van der Waals surface area (Å²) < 4.78 is 29.6. The van der Waals surface area contributed by atoms with Crippen molar-refractivity contribution in [1.82, 2.24) is 14.9 Å². The maximum absolute atomic E-state index is 13.1. The van der Waals surface area contributed by atoms with E-state index in [-0.39, 0.29) is 25.4 Å². The number of nitrogens with one attached hydrogen (secondary N) is 1. The first-order valence-electron chi connectivity index (χ1n) is 10.3. The molecular formula is C22H21N3O6. The quantitative estimate of drug-likeness (QED) is 0.680. The molecule has 0 saturated carbocycles. The Morgan fingerprint density at radius 1 is 1.00 bits per heavy atom. The van der Waals surface area contributed by atoms with Crippen LogP contribution in [-0.4, -0.2) is 48.9 Å². The van der Waals surface area contributed by atoms with E-state index in [1.165, 1.54) is 0 Å². The Kier molecular flexibility index (Phi) is 4.43. The summed E-state index contributed by atoms with van der Waals surface area (Å²) in [6.07, 6.45) is 0.778. The van der Waals surface area contributed by atoms with Gasteiger partial charge in [0.1, 0.15) is 0 Å². The Morgan fingerprint density at radius 2 is 1.77 bits per heavy atom. The van der Waals surface area contributed by atoms with E-state index < -0.39 is 0 Å². The van der Waals surface area contributed by atoms with E-state index >= 15 is 0 Å². The zero-order valence-electron chi connectivity index (χ0n) is 16.8. The first kappa shape index (κ1) is 18.5. The molecule has 3 aliphatic rings. The fraction of sp³-hybridized carbons (Fsp3) is 0.364. The highest BCUT2D eigenvalue weighted by Gasteiger charge is 2.22. The Bertz CT molecular complexity index is 1220. The van der Waals surface area contributed by atoms with Crippen molar-refractivity contribution in [1.29, 1.82) is 0 Å². The fourth-order valence-electron chi connectivity index (χ4n) is 4.22. The molecule has 0 amide bonds. The molecule has 1 saturated heterocycles. The molecule has 4 heterocycles. The highest BCUT2D eigenvalue weighted by molar-refractivity contribution is 5.95. The number of fused-ring (bicyclic) bond motifs is 3. The molecule has 2 aromatic carbocycles. The summed E-state index contributed by atoms with van der Waals surface area (Å²) in [5.41, 5.74) is 1.78. The van der Waals surface area contributed by atoms with Crippen LogP contribution in [0.3, 0.4) is 0 Å². The number of hydrogen-bond donors (Lipinski definition) is 1. The van der Waals surface area contributed by atoms with Gasteiger partial charge >= 0.3 is 5.69 Å². The van der Waals surface area contributed by atoms with E-state index in [4.69, 9.17) is 23.7 Å². The van der Waals surface area contributed by atoms with Crippen LogP contribution in [0.2, 0.25) is 0 Å². The highest BCUT2D eigenvalue weighted by atomic mass is 16.7. The first-order chi connectivity index (χ1) is 15.3. The summed E-state index contributed by atoms with van der Waals surface area (Å²) in [5.74, 6) is 2.58. The number of ether oxygens (including phenoxy) is 5. The first-order valence-corrected chi connectivity index (χ1v) is 10.3. The molecule has 31 heavy (non-hydrogen) atoms. The zero-order valence-corrected chi connectivity index (χ0v) is 16.8. The van der Waals surface area contributed by atoms with E-state index in [1.807, 2.05) is 30.3 Å². The van der Waals surface area contributed by atoms with E-state index in [0.717, 1.165) is 29.6 Å². The number of aromatic nitrogens is 2. The summed E-state index contributed by atoms with van der Waals surface area (Å²) in [5, 5.41) is 4.13. The lowest BCUT2D eigenvalue weighted by atomic mass is 10.0. The molecule has 3 aliphatic heterocycles. The maximum Gasteiger partial charge on any atom is 0.348 e. The van der Waals surface area contributed by atoms with Gasteiger partial charge < -0.3 is 29.0 Å². The molecule has 1 fully saturated rings. The molecule has 160 valence electrons. The average molecular weight is 423 g/mol. The van der Waals surface area contributed by atoms with Crippen LogP contribution >= 0.6 is 0 Å². The van der Waals surface area contributed by atoms with E-state index in [1.54, 1.807) is 4.57 Å². The van der Waals surface area contributed by atoms with Gasteiger partial charge in [-0.3, -0.25) is 4.57 Å². The van der Waals surface area contributed by atoms with Gasteiger partial charge in [0, 0.05) is 36.7 Å². The molecule has 9 heteroatoms. The molecule has 9 nitrogen and oxygen atoms in total. The number of morpholine rings is 1. The Labute approximate surface area is 177 Å². The van der Waals surface area contributed by atoms with Gasteiger partial charge in [0.05, 0.1) is 23.9 Å². The lowest BCUT2D eigenvalue weighted by Gasteiger charge is -2.24. The molecule has 0 spiro atoms. The van der Waals surface area contributed by atoms with Crippen molar-refractivity contribution in [2.75, 3.05) is 33.3 Å². The predicted molar refractivity (Wildman–Crippen MR) is 111 cm³/mol. The second-order valence-electron chi connectivity index (χ2n) is 7.67. The Balaban J connectivity index is 1.47. The van der Waals surface area contributed by atoms with Crippen molar-refractivity contribution in [2.24, 2.45) is 0 Å². The molecule has 0 radical (unpaired) electrons. The van der Waals surface area contributed by atoms with Crippen LogP contribution in [0.15, 0.2) is 35.1 Å². The number of hydrogen-bond acceptors (Lipinski definition) is 8. The molecule has 1 aromatic heterocycles. The van der Waals surface area contributed by atoms with Crippen molar-refractivity contribution < 1.29 is 23.7 Å². The molecule has 0 aliphatic carbocycles. The van der Waals surface area contributed by atoms with Gasteiger partial charge in [0.2, 0.25) is 13.6 Å². The van der Waals surface area contributed by atoms with Gasteiger partial charge in [0.25, 0.3) is 0 Å². The minimum atomic E-state index is -0.317. The van der Waals surface area contributed by atoms with Crippen molar-refractivity contribution in [3.63, 3.8) is 0 Å². The number of aryl methyl sites for hydroxylation is 1.